The molecule has 1 aliphatic carbocycles. The molecule has 0 aromatic heterocycles. The molecular weight excluding hydrogens is 536 g/mol. The quantitative estimate of drug-likeness (QED) is 0.226. The number of nitrogens with one attached hydrogen (secondary N) is 1. The summed E-state index contributed by atoms with van der Waals surface area (Å²) < 4.78 is 17.9. The van der Waals surface area contributed by atoms with E-state index in [0.29, 0.717) is 17.4 Å². The summed E-state index contributed by atoms with van der Waals surface area (Å²) in [6.45, 7) is 6.21. The number of methoxy groups -OCH3 is 2. The topological polar surface area (TPSA) is 92.5 Å². The fourth-order valence-electron chi connectivity index (χ4n) is 6.97. The first-order valence-electron chi connectivity index (χ1n) is 14.0. The second-order valence-corrected chi connectivity index (χ2v) is 12.2. The van der Waals surface area contributed by atoms with Crippen LogP contribution in [-0.2, 0) is 0 Å². The average Bonchev–Trinajstić information content (AvgIpc) is 3.00. The van der Waals surface area contributed by atoms with E-state index in [1.54, 1.807) is 32.0 Å². The lowest BCUT2D eigenvalue weighted by atomic mass is 9.58. The molecule has 2 heterocycles. The number of ether oxygens (including phenoxy) is 3. The van der Waals surface area contributed by atoms with Crippen molar-refractivity contribution in [3.8, 4) is 28.7 Å². The van der Waals surface area contributed by atoms with Gasteiger partial charge >= 0.3 is 0 Å². The summed E-state index contributed by atoms with van der Waals surface area (Å²) in [6.07, 6.45) is 3.66. The number of hydrogen-bond donors (Lipinski definition) is 3. The van der Waals surface area contributed by atoms with Crippen LogP contribution in [0.25, 0.3) is 0 Å². The molecule has 1 saturated carbocycles. The van der Waals surface area contributed by atoms with Gasteiger partial charge in [0.1, 0.15) is 11.5 Å². The minimum absolute atomic E-state index is 0.0108. The first-order chi connectivity index (χ1) is 19.9. The summed E-state index contributed by atoms with van der Waals surface area (Å²) in [5.41, 5.74) is 2.16. The molecule has 8 heteroatoms. The first kappa shape index (κ1) is 27.4. The summed E-state index contributed by atoms with van der Waals surface area (Å²) in [5.74, 6) is 2.41. The van der Waals surface area contributed by atoms with E-state index in [-0.39, 0.29) is 35.3 Å². The maximum absolute atomic E-state index is 11.2. The minimum atomic E-state index is -0.884. The Morgan fingerprint density at radius 3 is 2.24 bits per heavy atom. The Kier molecular flexibility index (Phi) is 7.28. The van der Waals surface area contributed by atoms with Crippen molar-refractivity contribution in [2.75, 3.05) is 20.0 Å². The van der Waals surface area contributed by atoms with Gasteiger partial charge in [-0.3, -0.25) is 4.99 Å². The Morgan fingerprint density at radius 2 is 1.61 bits per heavy atom. The van der Waals surface area contributed by atoms with Gasteiger partial charge < -0.3 is 29.7 Å². The predicted octanol–water partition coefficient (Wildman–Crippen LogP) is 6.62. The van der Waals surface area contributed by atoms with Gasteiger partial charge in [-0.05, 0) is 60.2 Å². The molecule has 7 nitrogen and oxygen atoms in total. The zero-order valence-corrected chi connectivity index (χ0v) is 24.4. The van der Waals surface area contributed by atoms with E-state index in [0.717, 1.165) is 46.2 Å². The van der Waals surface area contributed by atoms with Gasteiger partial charge in [0.25, 0.3) is 0 Å². The van der Waals surface area contributed by atoms with Crippen LogP contribution < -0.4 is 19.5 Å². The third-order valence-corrected chi connectivity index (χ3v) is 9.66. The highest BCUT2D eigenvalue weighted by atomic mass is 32.2. The monoisotopic (exact) mass is 572 g/mol. The fourth-order valence-corrected chi connectivity index (χ4v) is 7.67. The van der Waals surface area contributed by atoms with Crippen molar-refractivity contribution in [2.45, 2.75) is 37.5 Å². The highest BCUT2D eigenvalue weighted by Gasteiger charge is 2.62. The van der Waals surface area contributed by atoms with Crippen molar-refractivity contribution in [2.24, 2.45) is 22.7 Å². The van der Waals surface area contributed by atoms with Crippen LogP contribution in [0, 0.1) is 17.8 Å². The van der Waals surface area contributed by atoms with Crippen LogP contribution in [0.1, 0.15) is 48.4 Å². The highest BCUT2D eigenvalue weighted by Crippen LogP contribution is 2.61. The molecule has 3 aromatic rings. The van der Waals surface area contributed by atoms with Crippen molar-refractivity contribution in [3.05, 3.63) is 90.0 Å². The van der Waals surface area contributed by atoms with Gasteiger partial charge in [0.05, 0.1) is 20.3 Å². The number of hydrogen-bond acceptors (Lipinski definition) is 8. The van der Waals surface area contributed by atoms with Crippen LogP contribution in [0.2, 0.25) is 0 Å². The summed E-state index contributed by atoms with van der Waals surface area (Å²) >= 11 is 1.59. The molecule has 214 valence electrons. The molecule has 0 saturated heterocycles. The van der Waals surface area contributed by atoms with E-state index in [1.165, 1.54) is 0 Å². The molecule has 0 amide bonds. The smallest absolute Gasteiger partial charge is 0.200 e. The minimum Gasteiger partial charge on any atom is -0.504 e. The normalized spacial score (nSPS) is 28.1. The number of benzene rings is 3. The third-order valence-electron chi connectivity index (χ3n) is 8.77. The fraction of sp³-hybridized carbons (Fsp3) is 0.364. The molecular formula is C33H36N2O5S. The number of amidine groups is 1. The lowest BCUT2D eigenvalue weighted by Gasteiger charge is -2.59. The maximum Gasteiger partial charge on any atom is 0.200 e. The summed E-state index contributed by atoms with van der Waals surface area (Å²) in [4.78, 5) is 5.24. The molecule has 2 aliphatic heterocycles. The molecule has 3 aromatic carbocycles. The Hall–Kier alpha value is -3.78. The van der Waals surface area contributed by atoms with Crippen molar-refractivity contribution in [1.82, 2.24) is 5.32 Å². The van der Waals surface area contributed by atoms with E-state index in [2.05, 4.69) is 43.1 Å². The number of phenolic OH excluding ortho intramolecular Hbond substituents is 2. The zero-order valence-electron chi connectivity index (χ0n) is 23.5. The molecule has 0 bridgehead atoms. The number of thioether (sulfide) groups is 1. The SMILES string of the molecule is C=CCSC1=NC(c2ccc(OC)cc2)C2CC(C)CC3C(c4ccc(OC)cc4)c4ccc(O)c(O)c4OC23N1. The van der Waals surface area contributed by atoms with Crippen molar-refractivity contribution >= 4 is 16.9 Å². The van der Waals surface area contributed by atoms with Crippen LogP contribution in [-0.4, -0.2) is 41.1 Å². The van der Waals surface area contributed by atoms with Crippen LogP contribution in [0.3, 0.4) is 0 Å². The summed E-state index contributed by atoms with van der Waals surface area (Å²) in [5, 5.41) is 26.3. The van der Waals surface area contributed by atoms with Crippen molar-refractivity contribution in [1.29, 1.82) is 0 Å². The van der Waals surface area contributed by atoms with E-state index in [4.69, 9.17) is 19.2 Å². The van der Waals surface area contributed by atoms with E-state index in [1.807, 2.05) is 36.4 Å². The largest absolute Gasteiger partial charge is 0.504 e. The van der Waals surface area contributed by atoms with E-state index in [9.17, 15) is 10.2 Å². The number of phenols is 2. The van der Waals surface area contributed by atoms with Gasteiger partial charge in [-0.15, -0.1) is 6.58 Å². The summed E-state index contributed by atoms with van der Waals surface area (Å²) in [7, 11) is 3.33. The number of nitrogens with zero attached hydrogens (tertiary/aromatic N) is 1. The van der Waals surface area contributed by atoms with Crippen LogP contribution in [0.4, 0.5) is 0 Å². The molecule has 6 atom stereocenters. The number of aromatic hydroxyl groups is 2. The number of aliphatic imine (C=N–C) groups is 1. The number of fused-ring (bicyclic) bond motifs is 1. The number of rotatable bonds is 6. The Bertz CT molecular complexity index is 1460. The standard InChI is InChI=1S/C33H36N2O5S/c1-5-16-41-32-34-29(21-8-12-23(39-4)13-9-21)26-18-19(2)17-25-28(20-6-10-22(38-3)11-7-20)24-14-15-27(36)30(37)31(24)40-33(25,26)35-32/h5-15,19,25-26,28-29,36-37H,1,16-18H2,2-4H3,(H,34,35). The molecule has 0 radical (unpaired) electrons. The van der Waals surface area contributed by atoms with E-state index < -0.39 is 5.72 Å². The molecule has 3 N–H and O–H groups in total. The second kappa shape index (κ2) is 10.9. The molecule has 6 rings (SSSR count). The molecule has 6 unspecified atom stereocenters. The Labute approximate surface area is 245 Å². The van der Waals surface area contributed by atoms with Gasteiger partial charge in [0, 0.05) is 29.1 Å². The van der Waals surface area contributed by atoms with Crippen LogP contribution in [0.15, 0.2) is 78.3 Å². The summed E-state index contributed by atoms with van der Waals surface area (Å²) in [6, 6.07) is 19.5. The lowest BCUT2D eigenvalue weighted by molar-refractivity contribution is -0.127. The van der Waals surface area contributed by atoms with Crippen molar-refractivity contribution < 1.29 is 24.4 Å². The molecule has 41 heavy (non-hydrogen) atoms. The van der Waals surface area contributed by atoms with Crippen molar-refractivity contribution in [3.63, 3.8) is 0 Å². The molecule has 3 aliphatic rings. The van der Waals surface area contributed by atoms with Gasteiger partial charge in [-0.25, -0.2) is 0 Å². The van der Waals surface area contributed by atoms with Crippen LogP contribution >= 0.6 is 11.8 Å². The molecule has 1 fully saturated rings. The Morgan fingerprint density at radius 1 is 0.976 bits per heavy atom. The van der Waals surface area contributed by atoms with Gasteiger partial charge in [0.2, 0.25) is 5.75 Å². The maximum atomic E-state index is 11.2. The third kappa shape index (κ3) is 4.68. The molecule has 1 spiro atoms. The predicted molar refractivity (Wildman–Crippen MR) is 162 cm³/mol. The first-order valence-corrected chi connectivity index (χ1v) is 15.0. The second-order valence-electron chi connectivity index (χ2n) is 11.2. The highest BCUT2D eigenvalue weighted by molar-refractivity contribution is 8.13. The van der Waals surface area contributed by atoms with E-state index >= 15 is 0 Å². The average molecular weight is 573 g/mol. The van der Waals surface area contributed by atoms with Gasteiger partial charge in [0.15, 0.2) is 22.4 Å². The van der Waals surface area contributed by atoms with Gasteiger partial charge in [-0.1, -0.05) is 55.1 Å². The van der Waals surface area contributed by atoms with Gasteiger partial charge in [-0.2, -0.15) is 0 Å². The zero-order chi connectivity index (χ0) is 28.7. The lowest BCUT2D eigenvalue weighted by Crippen LogP contribution is -2.70. The van der Waals surface area contributed by atoms with Crippen LogP contribution in [0.5, 0.6) is 28.7 Å². The Balaban J connectivity index is 1.56.